The topological polar surface area (TPSA) is 32.3 Å². The van der Waals surface area contributed by atoms with Crippen LogP contribution in [0.1, 0.15) is 27.3 Å². The van der Waals surface area contributed by atoms with E-state index in [1.165, 1.54) is 16.0 Å². The average Bonchev–Trinajstić information content (AvgIpc) is 2.63. The van der Waals surface area contributed by atoms with Crippen LogP contribution >= 0.6 is 11.3 Å². The van der Waals surface area contributed by atoms with Gasteiger partial charge in [-0.2, -0.15) is 13.2 Å². The maximum absolute atomic E-state index is 12.0. The van der Waals surface area contributed by atoms with Gasteiger partial charge in [-0.05, 0) is 31.4 Å². The van der Waals surface area contributed by atoms with Crippen LogP contribution in [0.3, 0.4) is 0 Å². The fourth-order valence-corrected chi connectivity index (χ4v) is 3.54. The Morgan fingerprint density at radius 3 is 2.75 bits per heavy atom. The lowest BCUT2D eigenvalue weighted by Gasteiger charge is -2.27. The molecule has 0 unspecified atom stereocenters. The lowest BCUT2D eigenvalue weighted by Crippen LogP contribution is -2.43. The zero-order chi connectivity index (χ0) is 14.9. The van der Waals surface area contributed by atoms with Gasteiger partial charge < -0.3 is 10.2 Å². The molecule has 0 saturated heterocycles. The van der Waals surface area contributed by atoms with Crippen LogP contribution in [0.15, 0.2) is 0 Å². The Labute approximate surface area is 119 Å². The molecule has 1 aliphatic heterocycles. The first-order chi connectivity index (χ1) is 9.28. The molecule has 1 aliphatic rings. The molecule has 1 aromatic heterocycles. The summed E-state index contributed by atoms with van der Waals surface area (Å²) >= 11 is 1.66. The molecule has 0 radical (unpaired) electrons. The standard InChI is InChI=1S/C13H17F3N2OS/c1-8-9(2)20-11-7-18(6-3-10(8)11)12(19)17-5-4-13(14,15)16/h3-7H2,1-2H3,(H,17,19). The SMILES string of the molecule is Cc1sc2c(c1C)CCN(C(=O)NCCC(F)(F)F)C2. The Morgan fingerprint density at radius 2 is 2.10 bits per heavy atom. The molecule has 0 aliphatic carbocycles. The lowest BCUT2D eigenvalue weighted by atomic mass is 10.0. The van der Waals surface area contributed by atoms with Gasteiger partial charge in [-0.3, -0.25) is 0 Å². The number of hydrogen-bond donors (Lipinski definition) is 1. The average molecular weight is 306 g/mol. The summed E-state index contributed by atoms with van der Waals surface area (Å²) in [6, 6.07) is -0.413. The number of carbonyl (C=O) groups is 1. The molecular weight excluding hydrogens is 289 g/mol. The fraction of sp³-hybridized carbons (Fsp3) is 0.615. The monoisotopic (exact) mass is 306 g/mol. The number of carbonyl (C=O) groups excluding carboxylic acids is 1. The van der Waals surface area contributed by atoms with Crippen molar-refractivity contribution in [1.29, 1.82) is 0 Å². The maximum Gasteiger partial charge on any atom is 0.390 e. The van der Waals surface area contributed by atoms with Crippen molar-refractivity contribution < 1.29 is 18.0 Å². The summed E-state index contributed by atoms with van der Waals surface area (Å²) in [7, 11) is 0. The number of alkyl halides is 3. The van der Waals surface area contributed by atoms with E-state index in [1.807, 2.05) is 6.92 Å². The summed E-state index contributed by atoms with van der Waals surface area (Å²) < 4.78 is 36.1. The van der Waals surface area contributed by atoms with E-state index in [1.54, 1.807) is 16.2 Å². The smallest absolute Gasteiger partial charge is 0.338 e. The second-order valence-electron chi connectivity index (χ2n) is 4.95. The van der Waals surface area contributed by atoms with Crippen molar-refractivity contribution in [3.05, 3.63) is 20.9 Å². The molecule has 20 heavy (non-hydrogen) atoms. The number of hydrogen-bond acceptors (Lipinski definition) is 2. The summed E-state index contributed by atoms with van der Waals surface area (Å²) in [5, 5.41) is 2.33. The largest absolute Gasteiger partial charge is 0.390 e. The van der Waals surface area contributed by atoms with E-state index < -0.39 is 18.6 Å². The van der Waals surface area contributed by atoms with Crippen LogP contribution in [-0.4, -0.2) is 30.2 Å². The number of urea groups is 1. The molecule has 0 saturated carbocycles. The van der Waals surface area contributed by atoms with Crippen molar-refractivity contribution in [1.82, 2.24) is 10.2 Å². The molecule has 0 aromatic carbocycles. The van der Waals surface area contributed by atoms with Gasteiger partial charge in [0.2, 0.25) is 0 Å². The number of amides is 2. The van der Waals surface area contributed by atoms with Gasteiger partial charge in [0, 0.05) is 22.8 Å². The second-order valence-corrected chi connectivity index (χ2v) is 6.26. The minimum Gasteiger partial charge on any atom is -0.338 e. The summed E-state index contributed by atoms with van der Waals surface area (Å²) in [6.45, 7) is 4.80. The second kappa shape index (κ2) is 5.63. The lowest BCUT2D eigenvalue weighted by molar-refractivity contribution is -0.133. The van der Waals surface area contributed by atoms with Crippen molar-refractivity contribution in [2.45, 2.75) is 39.4 Å². The van der Waals surface area contributed by atoms with Gasteiger partial charge >= 0.3 is 12.2 Å². The Kier molecular flexibility index (Phi) is 4.27. The zero-order valence-corrected chi connectivity index (χ0v) is 12.2. The molecule has 3 nitrogen and oxygen atoms in total. The summed E-state index contributed by atoms with van der Waals surface area (Å²) in [6.07, 6.45) is -4.45. The van der Waals surface area contributed by atoms with Crippen LogP contribution in [0.2, 0.25) is 0 Å². The molecule has 2 heterocycles. The molecule has 7 heteroatoms. The van der Waals surface area contributed by atoms with E-state index >= 15 is 0 Å². The number of nitrogens with zero attached hydrogens (tertiary/aromatic N) is 1. The highest BCUT2D eigenvalue weighted by Crippen LogP contribution is 2.31. The third kappa shape index (κ3) is 3.45. The van der Waals surface area contributed by atoms with Crippen molar-refractivity contribution in [3.63, 3.8) is 0 Å². The molecule has 0 fully saturated rings. The summed E-state index contributed by atoms with van der Waals surface area (Å²) in [4.78, 5) is 15.8. The molecule has 1 aromatic rings. The van der Waals surface area contributed by atoms with Crippen LogP contribution < -0.4 is 5.32 Å². The highest BCUT2D eigenvalue weighted by molar-refractivity contribution is 7.12. The molecule has 0 atom stereocenters. The third-order valence-corrected chi connectivity index (χ3v) is 4.77. The van der Waals surface area contributed by atoms with E-state index in [9.17, 15) is 18.0 Å². The van der Waals surface area contributed by atoms with Crippen LogP contribution in [0.5, 0.6) is 0 Å². The predicted molar refractivity (Wildman–Crippen MR) is 72.0 cm³/mol. The Bertz CT molecular complexity index is 510. The first-order valence-corrected chi connectivity index (χ1v) is 7.27. The van der Waals surface area contributed by atoms with Gasteiger partial charge in [-0.25, -0.2) is 4.79 Å². The van der Waals surface area contributed by atoms with Gasteiger partial charge in [0.15, 0.2) is 0 Å². The summed E-state index contributed by atoms with van der Waals surface area (Å²) in [5.74, 6) is 0. The Hall–Kier alpha value is -1.24. The van der Waals surface area contributed by atoms with Gasteiger partial charge in [0.25, 0.3) is 0 Å². The number of fused-ring (bicyclic) bond motifs is 1. The minimum absolute atomic E-state index is 0.367. The summed E-state index contributed by atoms with van der Waals surface area (Å²) in [5.41, 5.74) is 2.58. The van der Waals surface area contributed by atoms with E-state index in [2.05, 4.69) is 12.2 Å². The van der Waals surface area contributed by atoms with Crippen LogP contribution in [-0.2, 0) is 13.0 Å². The molecule has 2 rings (SSSR count). The van der Waals surface area contributed by atoms with Crippen molar-refractivity contribution in [2.24, 2.45) is 0 Å². The first-order valence-electron chi connectivity index (χ1n) is 6.45. The van der Waals surface area contributed by atoms with Crippen LogP contribution in [0.4, 0.5) is 18.0 Å². The van der Waals surface area contributed by atoms with Crippen LogP contribution in [0.25, 0.3) is 0 Å². The number of aryl methyl sites for hydroxylation is 1. The highest BCUT2D eigenvalue weighted by atomic mass is 32.1. The Morgan fingerprint density at radius 1 is 1.40 bits per heavy atom. The number of halogens is 3. The number of rotatable bonds is 2. The maximum atomic E-state index is 12.0. The Balaban J connectivity index is 1.90. The van der Waals surface area contributed by atoms with Gasteiger partial charge in [-0.15, -0.1) is 11.3 Å². The molecule has 0 spiro atoms. The number of thiophene rings is 1. The van der Waals surface area contributed by atoms with Gasteiger partial charge in [-0.1, -0.05) is 0 Å². The van der Waals surface area contributed by atoms with E-state index in [0.717, 1.165) is 11.3 Å². The molecule has 0 bridgehead atoms. The fourth-order valence-electron chi connectivity index (χ4n) is 2.29. The van der Waals surface area contributed by atoms with Gasteiger partial charge in [0.05, 0.1) is 13.0 Å². The normalized spacial score (nSPS) is 15.2. The quantitative estimate of drug-likeness (QED) is 0.892. The highest BCUT2D eigenvalue weighted by Gasteiger charge is 2.28. The third-order valence-electron chi connectivity index (χ3n) is 3.53. The van der Waals surface area contributed by atoms with Gasteiger partial charge in [0.1, 0.15) is 0 Å². The van der Waals surface area contributed by atoms with Crippen molar-refractivity contribution >= 4 is 17.4 Å². The van der Waals surface area contributed by atoms with E-state index in [0.29, 0.717) is 13.1 Å². The van der Waals surface area contributed by atoms with Crippen molar-refractivity contribution in [3.8, 4) is 0 Å². The first kappa shape index (κ1) is 15.2. The van der Waals surface area contributed by atoms with Crippen molar-refractivity contribution in [2.75, 3.05) is 13.1 Å². The zero-order valence-electron chi connectivity index (χ0n) is 11.4. The van der Waals surface area contributed by atoms with E-state index in [-0.39, 0.29) is 6.54 Å². The molecular formula is C13H17F3N2OS. The van der Waals surface area contributed by atoms with E-state index in [4.69, 9.17) is 0 Å². The molecule has 2 amide bonds. The molecule has 1 N–H and O–H groups in total. The number of nitrogens with one attached hydrogen (secondary N) is 1. The van der Waals surface area contributed by atoms with Crippen LogP contribution in [0, 0.1) is 13.8 Å². The molecule has 112 valence electrons. The minimum atomic E-state index is -4.23. The predicted octanol–water partition coefficient (Wildman–Crippen LogP) is 3.39.